The highest BCUT2D eigenvalue weighted by molar-refractivity contribution is 8.13. The highest BCUT2D eigenvalue weighted by Crippen LogP contribution is 2.43. The van der Waals surface area contributed by atoms with Crippen LogP contribution in [0.4, 0.5) is 0 Å². The summed E-state index contributed by atoms with van der Waals surface area (Å²) < 4.78 is 10.8. The average Bonchev–Trinajstić information content (AvgIpc) is 2.78. The number of benzene rings is 2. The predicted octanol–water partition coefficient (Wildman–Crippen LogP) is 4.52. The molecule has 0 aliphatic carbocycles. The molecule has 2 aliphatic rings. The van der Waals surface area contributed by atoms with Crippen LogP contribution < -0.4 is 4.74 Å². The fraction of sp³-hybridized carbons (Fsp3) is 0.304. The van der Waals surface area contributed by atoms with E-state index in [1.807, 2.05) is 61.5 Å². The molecule has 150 valence electrons. The normalized spacial score (nSPS) is 18.8. The van der Waals surface area contributed by atoms with E-state index < -0.39 is 0 Å². The lowest BCUT2D eigenvalue weighted by Gasteiger charge is -2.41. The third-order valence-electron chi connectivity index (χ3n) is 5.04. The molecule has 29 heavy (non-hydrogen) atoms. The number of nitrogens with zero attached hydrogens (tertiary/aromatic N) is 2. The molecule has 2 heterocycles. The van der Waals surface area contributed by atoms with E-state index in [0.29, 0.717) is 17.9 Å². The summed E-state index contributed by atoms with van der Waals surface area (Å²) in [6.45, 7) is 3.01. The first-order valence-electron chi connectivity index (χ1n) is 9.81. The Morgan fingerprint density at radius 3 is 2.62 bits per heavy atom. The van der Waals surface area contributed by atoms with Gasteiger partial charge in [0.15, 0.2) is 5.17 Å². The molecule has 0 bridgehead atoms. The largest absolute Gasteiger partial charge is 0.497 e. The molecule has 0 spiro atoms. The van der Waals surface area contributed by atoms with E-state index in [1.54, 1.807) is 18.9 Å². The van der Waals surface area contributed by atoms with Crippen molar-refractivity contribution in [2.45, 2.75) is 19.4 Å². The molecule has 2 aromatic rings. The molecular formula is C23H24N2O3S. The number of esters is 1. The summed E-state index contributed by atoms with van der Waals surface area (Å²) >= 11 is 1.74. The van der Waals surface area contributed by atoms with Crippen molar-refractivity contribution in [3.8, 4) is 5.75 Å². The maximum absolute atomic E-state index is 13.2. The number of carbonyl (C=O) groups is 1. The molecule has 0 radical (unpaired) electrons. The van der Waals surface area contributed by atoms with E-state index in [2.05, 4.69) is 4.90 Å². The van der Waals surface area contributed by atoms with Crippen LogP contribution >= 0.6 is 11.8 Å². The second-order valence-electron chi connectivity index (χ2n) is 6.81. The van der Waals surface area contributed by atoms with Gasteiger partial charge in [0.1, 0.15) is 5.75 Å². The summed E-state index contributed by atoms with van der Waals surface area (Å²) in [4.78, 5) is 20.3. The third-order valence-corrected chi connectivity index (χ3v) is 6.12. The number of methoxy groups -OCH3 is 1. The Morgan fingerprint density at radius 2 is 1.93 bits per heavy atom. The summed E-state index contributed by atoms with van der Waals surface area (Å²) in [6.07, 6.45) is 1.05. The molecule has 2 aliphatic heterocycles. The zero-order valence-corrected chi connectivity index (χ0v) is 17.4. The van der Waals surface area contributed by atoms with Gasteiger partial charge in [0.05, 0.1) is 31.0 Å². The minimum atomic E-state index is -0.314. The van der Waals surface area contributed by atoms with E-state index in [0.717, 1.165) is 40.8 Å². The van der Waals surface area contributed by atoms with Crippen LogP contribution in [-0.4, -0.2) is 42.1 Å². The van der Waals surface area contributed by atoms with Crippen LogP contribution in [0.2, 0.25) is 0 Å². The number of hydrogen-bond acceptors (Lipinski definition) is 6. The quantitative estimate of drug-likeness (QED) is 0.681. The number of hydrogen-bond donors (Lipinski definition) is 0. The minimum Gasteiger partial charge on any atom is -0.497 e. The lowest BCUT2D eigenvalue weighted by atomic mass is 9.91. The van der Waals surface area contributed by atoms with Crippen molar-refractivity contribution < 1.29 is 14.3 Å². The van der Waals surface area contributed by atoms with Gasteiger partial charge in [0, 0.05) is 17.9 Å². The van der Waals surface area contributed by atoms with Crippen molar-refractivity contribution >= 4 is 28.6 Å². The van der Waals surface area contributed by atoms with E-state index in [4.69, 9.17) is 14.5 Å². The Balaban J connectivity index is 1.91. The number of rotatable bonds is 5. The number of ether oxygens (including phenoxy) is 2. The smallest absolute Gasteiger partial charge is 0.338 e. The average molecular weight is 409 g/mol. The van der Waals surface area contributed by atoms with Crippen molar-refractivity contribution in [2.75, 3.05) is 26.0 Å². The molecule has 2 aromatic carbocycles. The molecular weight excluding hydrogens is 384 g/mol. The number of fused-ring (bicyclic) bond motifs is 1. The van der Waals surface area contributed by atoms with E-state index in [-0.39, 0.29) is 12.0 Å². The molecule has 1 saturated heterocycles. The van der Waals surface area contributed by atoms with Crippen LogP contribution in [0.3, 0.4) is 0 Å². The summed E-state index contributed by atoms with van der Waals surface area (Å²) in [5.41, 5.74) is 3.24. The zero-order valence-electron chi connectivity index (χ0n) is 16.6. The van der Waals surface area contributed by atoms with Gasteiger partial charge in [-0.15, -0.1) is 0 Å². The third kappa shape index (κ3) is 3.90. The van der Waals surface area contributed by atoms with Crippen molar-refractivity contribution in [2.24, 2.45) is 4.99 Å². The van der Waals surface area contributed by atoms with Gasteiger partial charge in [-0.3, -0.25) is 0 Å². The van der Waals surface area contributed by atoms with Crippen LogP contribution in [0.5, 0.6) is 5.75 Å². The van der Waals surface area contributed by atoms with Gasteiger partial charge in [-0.05, 0) is 31.0 Å². The Kier molecular flexibility index (Phi) is 5.90. The number of amidine groups is 1. The summed E-state index contributed by atoms with van der Waals surface area (Å²) in [6, 6.07) is 17.6. The maximum atomic E-state index is 13.2. The molecule has 0 unspecified atom stereocenters. The van der Waals surface area contributed by atoms with Gasteiger partial charge in [0.25, 0.3) is 0 Å². The van der Waals surface area contributed by atoms with Crippen molar-refractivity contribution in [1.82, 2.24) is 4.90 Å². The van der Waals surface area contributed by atoms with E-state index in [1.165, 1.54) is 0 Å². The van der Waals surface area contributed by atoms with Gasteiger partial charge in [-0.1, -0.05) is 54.2 Å². The monoisotopic (exact) mass is 408 g/mol. The molecule has 0 saturated carbocycles. The second-order valence-corrected chi connectivity index (χ2v) is 7.88. The molecule has 5 nitrogen and oxygen atoms in total. The first kappa shape index (κ1) is 19.6. The molecule has 0 N–H and O–H groups in total. The van der Waals surface area contributed by atoms with Crippen LogP contribution in [0, 0.1) is 0 Å². The lowest BCUT2D eigenvalue weighted by molar-refractivity contribution is -0.139. The van der Waals surface area contributed by atoms with E-state index >= 15 is 0 Å². The maximum Gasteiger partial charge on any atom is 0.338 e. The van der Waals surface area contributed by atoms with Crippen molar-refractivity contribution in [1.29, 1.82) is 0 Å². The molecule has 6 heteroatoms. The van der Waals surface area contributed by atoms with Crippen molar-refractivity contribution in [3.63, 3.8) is 0 Å². The standard InChI is InChI=1S/C23H24N2O3S/c1-3-28-22(26)19-20(16-8-5-4-6-9-16)24-23-25(14-7-15-29-23)21(19)17-10-12-18(27-2)13-11-17/h4-6,8-13,21H,3,7,14-15H2,1-2H3/t21-/m0/s1. The predicted molar refractivity (Wildman–Crippen MR) is 117 cm³/mol. The number of thioether (sulfide) groups is 1. The minimum absolute atomic E-state index is 0.240. The lowest BCUT2D eigenvalue weighted by Crippen LogP contribution is -2.42. The summed E-state index contributed by atoms with van der Waals surface area (Å²) in [5.74, 6) is 1.50. The first-order valence-corrected chi connectivity index (χ1v) is 10.8. The Morgan fingerprint density at radius 1 is 1.17 bits per heavy atom. The van der Waals surface area contributed by atoms with Crippen LogP contribution in [0.15, 0.2) is 65.2 Å². The summed E-state index contributed by atoms with van der Waals surface area (Å²) in [5, 5.41) is 0.962. The topological polar surface area (TPSA) is 51.1 Å². The Labute approximate surface area is 175 Å². The summed E-state index contributed by atoms with van der Waals surface area (Å²) in [7, 11) is 1.65. The fourth-order valence-electron chi connectivity index (χ4n) is 3.72. The van der Waals surface area contributed by atoms with Gasteiger partial charge < -0.3 is 14.4 Å². The van der Waals surface area contributed by atoms with Crippen molar-refractivity contribution in [3.05, 3.63) is 71.3 Å². The highest BCUT2D eigenvalue weighted by atomic mass is 32.2. The second kappa shape index (κ2) is 8.74. The Bertz CT molecular complexity index is 938. The van der Waals surface area contributed by atoms with Crippen LogP contribution in [0.1, 0.15) is 30.5 Å². The van der Waals surface area contributed by atoms with Gasteiger partial charge >= 0.3 is 5.97 Å². The van der Waals surface area contributed by atoms with Gasteiger partial charge in [-0.2, -0.15) is 0 Å². The molecule has 1 atom stereocenters. The SMILES string of the molecule is CCOC(=O)C1=C(c2ccccc2)N=C2SCCCN2[C@H]1c1ccc(OC)cc1. The van der Waals surface area contributed by atoms with Gasteiger partial charge in [-0.25, -0.2) is 9.79 Å². The van der Waals surface area contributed by atoms with E-state index in [9.17, 15) is 4.79 Å². The van der Waals surface area contributed by atoms with Gasteiger partial charge in [0.2, 0.25) is 0 Å². The molecule has 1 fully saturated rings. The number of carbonyl (C=O) groups excluding carboxylic acids is 1. The first-order chi connectivity index (χ1) is 14.2. The highest BCUT2D eigenvalue weighted by Gasteiger charge is 2.39. The molecule has 4 rings (SSSR count). The zero-order chi connectivity index (χ0) is 20.2. The van der Waals surface area contributed by atoms with Crippen LogP contribution in [-0.2, 0) is 9.53 Å². The fourth-order valence-corrected chi connectivity index (χ4v) is 4.69. The molecule has 0 amide bonds. The number of aliphatic imine (C=N–C) groups is 1. The Hall–Kier alpha value is -2.73. The van der Waals surface area contributed by atoms with Crippen LogP contribution in [0.25, 0.3) is 5.70 Å². The molecule has 0 aromatic heterocycles.